The van der Waals surface area contributed by atoms with Gasteiger partial charge in [-0.2, -0.15) is 8.42 Å². The molecule has 0 aromatic heterocycles. The molecular formula is C14H20O5S. The van der Waals surface area contributed by atoms with Crippen molar-refractivity contribution in [2.45, 2.75) is 30.4 Å². The SMILES string of the molecule is COC1(OC)CCC1COS(=O)(=O)c1ccc(C)cc1. The molecule has 2 rings (SSSR count). The average molecular weight is 300 g/mol. The molecule has 0 radical (unpaired) electrons. The number of hydrogen-bond acceptors (Lipinski definition) is 5. The Bertz CT molecular complexity index is 540. The molecule has 6 heteroatoms. The molecule has 1 aliphatic rings. The van der Waals surface area contributed by atoms with Crippen molar-refractivity contribution < 1.29 is 22.1 Å². The van der Waals surface area contributed by atoms with E-state index in [0.717, 1.165) is 18.4 Å². The van der Waals surface area contributed by atoms with Crippen LogP contribution >= 0.6 is 0 Å². The summed E-state index contributed by atoms with van der Waals surface area (Å²) in [6.45, 7) is 1.97. The average Bonchev–Trinajstić information content (AvgIpc) is 2.40. The summed E-state index contributed by atoms with van der Waals surface area (Å²) < 4.78 is 39.9. The van der Waals surface area contributed by atoms with Gasteiger partial charge in [0, 0.05) is 26.6 Å². The van der Waals surface area contributed by atoms with E-state index in [1.54, 1.807) is 38.5 Å². The molecule has 0 heterocycles. The molecule has 1 fully saturated rings. The predicted molar refractivity (Wildman–Crippen MR) is 73.8 cm³/mol. The highest BCUT2D eigenvalue weighted by molar-refractivity contribution is 7.86. The smallest absolute Gasteiger partial charge is 0.296 e. The second-order valence-corrected chi connectivity index (χ2v) is 6.62. The van der Waals surface area contributed by atoms with Crippen LogP contribution in [0.2, 0.25) is 0 Å². The third-order valence-corrected chi connectivity index (χ3v) is 5.18. The Morgan fingerprint density at radius 3 is 2.25 bits per heavy atom. The number of ether oxygens (including phenoxy) is 2. The zero-order chi connectivity index (χ0) is 14.8. The first-order chi connectivity index (χ1) is 9.43. The number of rotatable bonds is 6. The molecule has 1 aliphatic carbocycles. The topological polar surface area (TPSA) is 61.8 Å². The van der Waals surface area contributed by atoms with E-state index in [9.17, 15) is 8.42 Å². The minimum absolute atomic E-state index is 0.0674. The van der Waals surface area contributed by atoms with Crippen molar-refractivity contribution in [2.24, 2.45) is 5.92 Å². The number of methoxy groups -OCH3 is 2. The molecule has 112 valence electrons. The molecule has 1 aromatic rings. The fourth-order valence-corrected chi connectivity index (χ4v) is 3.31. The fraction of sp³-hybridized carbons (Fsp3) is 0.571. The van der Waals surface area contributed by atoms with Crippen molar-refractivity contribution in [1.82, 2.24) is 0 Å². The molecular weight excluding hydrogens is 280 g/mol. The molecule has 0 spiro atoms. The van der Waals surface area contributed by atoms with Crippen LogP contribution in [0.15, 0.2) is 29.2 Å². The quantitative estimate of drug-likeness (QED) is 0.595. The van der Waals surface area contributed by atoms with Crippen molar-refractivity contribution >= 4 is 10.1 Å². The maximum Gasteiger partial charge on any atom is 0.296 e. The van der Waals surface area contributed by atoms with Gasteiger partial charge in [0.2, 0.25) is 0 Å². The summed E-state index contributed by atoms with van der Waals surface area (Å²) in [7, 11) is -0.607. The summed E-state index contributed by atoms with van der Waals surface area (Å²) in [5.41, 5.74) is 1.00. The van der Waals surface area contributed by atoms with Crippen molar-refractivity contribution in [2.75, 3.05) is 20.8 Å². The Balaban J connectivity index is 2.01. The Kier molecular flexibility index (Phi) is 4.49. The first-order valence-electron chi connectivity index (χ1n) is 6.50. The van der Waals surface area contributed by atoms with Gasteiger partial charge >= 0.3 is 0 Å². The molecule has 1 aromatic carbocycles. The van der Waals surface area contributed by atoms with E-state index in [0.29, 0.717) is 0 Å². The van der Waals surface area contributed by atoms with E-state index in [1.807, 2.05) is 6.92 Å². The highest BCUT2D eigenvalue weighted by atomic mass is 32.2. The van der Waals surface area contributed by atoms with Crippen LogP contribution in [0, 0.1) is 12.8 Å². The van der Waals surface area contributed by atoms with E-state index in [-0.39, 0.29) is 17.4 Å². The number of hydrogen-bond donors (Lipinski definition) is 0. The Morgan fingerprint density at radius 2 is 1.80 bits per heavy atom. The van der Waals surface area contributed by atoms with Gasteiger partial charge in [0.1, 0.15) is 0 Å². The lowest BCUT2D eigenvalue weighted by atomic mass is 9.78. The van der Waals surface area contributed by atoms with Crippen LogP contribution in [0.1, 0.15) is 18.4 Å². The second-order valence-electron chi connectivity index (χ2n) is 5.01. The first kappa shape index (κ1) is 15.4. The van der Waals surface area contributed by atoms with E-state index in [1.165, 1.54) is 0 Å². The maximum atomic E-state index is 12.1. The van der Waals surface area contributed by atoms with Crippen LogP contribution in [-0.4, -0.2) is 35.0 Å². The van der Waals surface area contributed by atoms with Crippen LogP contribution in [0.25, 0.3) is 0 Å². The molecule has 0 amide bonds. The first-order valence-corrected chi connectivity index (χ1v) is 7.91. The largest absolute Gasteiger partial charge is 0.353 e. The third kappa shape index (κ3) is 2.88. The highest BCUT2D eigenvalue weighted by Gasteiger charge is 2.48. The summed E-state index contributed by atoms with van der Waals surface area (Å²) in [6, 6.07) is 6.58. The van der Waals surface area contributed by atoms with Crippen LogP contribution in [0.3, 0.4) is 0 Å². The lowest BCUT2D eigenvalue weighted by Crippen LogP contribution is -2.52. The van der Waals surface area contributed by atoms with Gasteiger partial charge < -0.3 is 9.47 Å². The van der Waals surface area contributed by atoms with E-state index in [2.05, 4.69) is 0 Å². The van der Waals surface area contributed by atoms with Gasteiger partial charge in [-0.25, -0.2) is 0 Å². The zero-order valence-corrected chi connectivity index (χ0v) is 12.8. The molecule has 0 bridgehead atoms. The van der Waals surface area contributed by atoms with Crippen LogP contribution < -0.4 is 0 Å². The van der Waals surface area contributed by atoms with E-state index >= 15 is 0 Å². The van der Waals surface area contributed by atoms with Crippen molar-refractivity contribution in [3.8, 4) is 0 Å². The van der Waals surface area contributed by atoms with Gasteiger partial charge in [-0.15, -0.1) is 0 Å². The molecule has 1 unspecified atom stereocenters. The zero-order valence-electron chi connectivity index (χ0n) is 12.0. The molecule has 0 aliphatic heterocycles. The standard InChI is InChI=1S/C14H20O5S/c1-11-4-6-13(7-5-11)20(15,16)19-10-12-8-9-14(12,17-2)18-3/h4-7,12H,8-10H2,1-3H3. The normalized spacial score (nSPS) is 21.4. The molecule has 0 saturated heterocycles. The number of aryl methyl sites for hydroxylation is 1. The number of benzene rings is 1. The Morgan fingerprint density at radius 1 is 1.20 bits per heavy atom. The van der Waals surface area contributed by atoms with E-state index < -0.39 is 15.9 Å². The molecule has 1 atom stereocenters. The van der Waals surface area contributed by atoms with Gasteiger partial charge in [0.15, 0.2) is 5.79 Å². The summed E-state index contributed by atoms with van der Waals surface area (Å²) in [4.78, 5) is 0.169. The van der Waals surface area contributed by atoms with Crippen molar-refractivity contribution in [1.29, 1.82) is 0 Å². The van der Waals surface area contributed by atoms with Gasteiger partial charge in [0.25, 0.3) is 10.1 Å². The second kappa shape index (κ2) is 5.81. The third-order valence-electron chi connectivity index (χ3n) is 3.89. The van der Waals surface area contributed by atoms with Gasteiger partial charge in [-0.05, 0) is 25.5 Å². The lowest BCUT2D eigenvalue weighted by Gasteiger charge is -2.46. The van der Waals surface area contributed by atoms with Crippen molar-refractivity contribution in [3.63, 3.8) is 0 Å². The summed E-state index contributed by atoms with van der Waals surface area (Å²) in [5, 5.41) is 0. The molecule has 20 heavy (non-hydrogen) atoms. The van der Waals surface area contributed by atoms with E-state index in [4.69, 9.17) is 13.7 Å². The monoisotopic (exact) mass is 300 g/mol. The highest BCUT2D eigenvalue weighted by Crippen LogP contribution is 2.42. The van der Waals surface area contributed by atoms with Crippen LogP contribution in [0.5, 0.6) is 0 Å². The molecule has 0 N–H and O–H groups in total. The minimum atomic E-state index is -3.73. The van der Waals surface area contributed by atoms with Crippen molar-refractivity contribution in [3.05, 3.63) is 29.8 Å². The summed E-state index contributed by atoms with van der Waals surface area (Å²) >= 11 is 0. The minimum Gasteiger partial charge on any atom is -0.353 e. The van der Waals surface area contributed by atoms with Crippen LogP contribution in [-0.2, 0) is 23.8 Å². The lowest BCUT2D eigenvalue weighted by molar-refractivity contribution is -0.291. The predicted octanol–water partition coefficient (Wildman–Crippen LogP) is 2.10. The Labute approximate surface area is 120 Å². The van der Waals surface area contributed by atoms with Gasteiger partial charge in [0.05, 0.1) is 11.5 Å². The fourth-order valence-electron chi connectivity index (χ4n) is 2.36. The molecule has 5 nitrogen and oxygen atoms in total. The summed E-state index contributed by atoms with van der Waals surface area (Å²) in [6.07, 6.45) is 1.57. The van der Waals surface area contributed by atoms with Gasteiger partial charge in [-0.3, -0.25) is 4.18 Å². The van der Waals surface area contributed by atoms with Gasteiger partial charge in [-0.1, -0.05) is 17.7 Å². The maximum absolute atomic E-state index is 12.1. The van der Waals surface area contributed by atoms with Crippen LogP contribution in [0.4, 0.5) is 0 Å². The molecule has 1 saturated carbocycles. The Hall–Kier alpha value is -0.950. The summed E-state index contributed by atoms with van der Waals surface area (Å²) in [5.74, 6) is -0.777.